The highest BCUT2D eigenvalue weighted by atomic mass is 16.5. The fraction of sp³-hybridized carbons (Fsp3) is 0.273. The molecule has 0 aliphatic carbocycles. The van der Waals surface area contributed by atoms with Gasteiger partial charge in [-0.15, -0.1) is 0 Å². The fourth-order valence-electron chi connectivity index (χ4n) is 3.08. The number of nitrogens with zero attached hydrogens (tertiary/aromatic N) is 1. The van der Waals surface area contributed by atoms with Crippen molar-refractivity contribution in [3.63, 3.8) is 0 Å². The predicted octanol–water partition coefficient (Wildman–Crippen LogP) is 2.86. The van der Waals surface area contributed by atoms with E-state index in [0.717, 1.165) is 16.0 Å². The zero-order valence-electron chi connectivity index (χ0n) is 16.5. The third kappa shape index (κ3) is 4.18. The molecule has 0 bridgehead atoms. The molecule has 3 rings (SSSR count). The van der Waals surface area contributed by atoms with Crippen molar-refractivity contribution in [1.82, 2.24) is 4.90 Å². The largest absolute Gasteiger partial charge is 0.452 e. The van der Waals surface area contributed by atoms with Crippen LogP contribution >= 0.6 is 0 Å². The molecular weight excluding hydrogens is 372 g/mol. The normalized spacial score (nSPS) is 13.8. The van der Waals surface area contributed by atoms with E-state index < -0.39 is 29.8 Å². The summed E-state index contributed by atoms with van der Waals surface area (Å²) in [7, 11) is 0. The second-order valence-corrected chi connectivity index (χ2v) is 6.93. The molecule has 150 valence electrons. The highest BCUT2D eigenvalue weighted by molar-refractivity contribution is 6.21. The summed E-state index contributed by atoms with van der Waals surface area (Å²) in [6.45, 7) is 5.20. The molecule has 0 radical (unpaired) electrons. The lowest BCUT2D eigenvalue weighted by atomic mass is 10.1. The van der Waals surface area contributed by atoms with Crippen LogP contribution in [0.25, 0.3) is 0 Å². The summed E-state index contributed by atoms with van der Waals surface area (Å²) in [4.78, 5) is 50.1. The minimum Gasteiger partial charge on any atom is -0.452 e. The number of esters is 1. The number of hydrogen-bond donors (Lipinski definition) is 1. The number of carbonyl (C=O) groups excluding carboxylic acids is 4. The lowest BCUT2D eigenvalue weighted by Crippen LogP contribution is -2.34. The first kappa shape index (κ1) is 20.3. The van der Waals surface area contributed by atoms with Crippen LogP contribution in [0.3, 0.4) is 0 Å². The van der Waals surface area contributed by atoms with Gasteiger partial charge in [0.15, 0.2) is 6.10 Å². The van der Waals surface area contributed by atoms with Gasteiger partial charge in [-0.05, 0) is 50.1 Å². The van der Waals surface area contributed by atoms with Gasteiger partial charge < -0.3 is 10.1 Å². The first-order valence-corrected chi connectivity index (χ1v) is 9.31. The first-order chi connectivity index (χ1) is 13.8. The van der Waals surface area contributed by atoms with Gasteiger partial charge >= 0.3 is 5.97 Å². The van der Waals surface area contributed by atoms with Crippen LogP contribution in [-0.2, 0) is 14.3 Å². The second-order valence-electron chi connectivity index (χ2n) is 6.93. The van der Waals surface area contributed by atoms with Crippen molar-refractivity contribution in [3.05, 3.63) is 64.7 Å². The predicted molar refractivity (Wildman–Crippen MR) is 107 cm³/mol. The van der Waals surface area contributed by atoms with Gasteiger partial charge in [-0.2, -0.15) is 0 Å². The summed E-state index contributed by atoms with van der Waals surface area (Å²) in [6.07, 6.45) is -1.20. The third-order valence-corrected chi connectivity index (χ3v) is 4.96. The van der Waals surface area contributed by atoms with E-state index in [1.165, 1.54) is 6.92 Å². The highest BCUT2D eigenvalue weighted by Gasteiger charge is 2.35. The summed E-state index contributed by atoms with van der Waals surface area (Å²) in [5, 5.41) is 2.74. The summed E-state index contributed by atoms with van der Waals surface area (Å²) in [5.74, 6) is -1.98. The van der Waals surface area contributed by atoms with Crippen molar-refractivity contribution >= 4 is 29.4 Å². The van der Waals surface area contributed by atoms with Crippen molar-refractivity contribution in [2.45, 2.75) is 33.3 Å². The lowest BCUT2D eigenvalue weighted by Gasteiger charge is -2.17. The topological polar surface area (TPSA) is 92.8 Å². The van der Waals surface area contributed by atoms with Crippen LogP contribution in [0.1, 0.15) is 45.2 Å². The van der Waals surface area contributed by atoms with Crippen molar-refractivity contribution in [2.24, 2.45) is 0 Å². The Morgan fingerprint density at radius 1 is 1.00 bits per heavy atom. The average Bonchev–Trinajstić information content (AvgIpc) is 2.94. The number of fused-ring (bicyclic) bond motifs is 1. The molecule has 1 unspecified atom stereocenters. The van der Waals surface area contributed by atoms with Crippen LogP contribution < -0.4 is 5.32 Å². The van der Waals surface area contributed by atoms with Gasteiger partial charge in [0.2, 0.25) is 0 Å². The summed E-state index contributed by atoms with van der Waals surface area (Å²) < 4.78 is 5.16. The van der Waals surface area contributed by atoms with Crippen LogP contribution in [0.15, 0.2) is 42.5 Å². The second kappa shape index (κ2) is 8.26. The molecule has 7 heteroatoms. The van der Waals surface area contributed by atoms with E-state index in [1.807, 2.05) is 26.0 Å². The van der Waals surface area contributed by atoms with E-state index in [4.69, 9.17) is 4.74 Å². The fourth-order valence-corrected chi connectivity index (χ4v) is 3.08. The molecule has 1 heterocycles. The Bertz CT molecular complexity index is 963. The number of nitrogens with one attached hydrogen (secondary N) is 1. The Morgan fingerprint density at radius 3 is 2.24 bits per heavy atom. The number of benzene rings is 2. The standard InChI is InChI=1S/C22H22N2O5/c1-13-7-6-10-18(14(13)2)23-20(26)15(3)29-19(25)11-12-24-21(27)16-8-4-5-9-17(16)22(24)28/h4-10,15H,11-12H2,1-3H3,(H,23,26). The van der Waals surface area contributed by atoms with Crippen molar-refractivity contribution in [2.75, 3.05) is 11.9 Å². The zero-order chi connectivity index (χ0) is 21.1. The quantitative estimate of drug-likeness (QED) is 0.601. The van der Waals surface area contributed by atoms with Crippen molar-refractivity contribution in [3.8, 4) is 0 Å². The summed E-state index contributed by atoms with van der Waals surface area (Å²) in [6, 6.07) is 12.1. The molecule has 0 fully saturated rings. The van der Waals surface area contributed by atoms with Gasteiger partial charge in [-0.1, -0.05) is 24.3 Å². The minimum absolute atomic E-state index is 0.101. The Morgan fingerprint density at radius 2 is 1.62 bits per heavy atom. The molecule has 2 aromatic carbocycles. The molecule has 7 nitrogen and oxygen atoms in total. The highest BCUT2D eigenvalue weighted by Crippen LogP contribution is 2.22. The molecule has 0 aromatic heterocycles. The molecule has 1 atom stereocenters. The van der Waals surface area contributed by atoms with Crippen LogP contribution in [0.2, 0.25) is 0 Å². The number of rotatable bonds is 6. The number of aryl methyl sites for hydroxylation is 1. The molecule has 2 aromatic rings. The molecule has 3 amide bonds. The summed E-state index contributed by atoms with van der Waals surface area (Å²) in [5.41, 5.74) is 3.28. The first-order valence-electron chi connectivity index (χ1n) is 9.31. The van der Waals surface area contributed by atoms with Crippen LogP contribution in [0.5, 0.6) is 0 Å². The van der Waals surface area contributed by atoms with Gasteiger partial charge in [-0.3, -0.25) is 24.1 Å². The van der Waals surface area contributed by atoms with Gasteiger partial charge in [0.05, 0.1) is 17.5 Å². The Kier molecular flexibility index (Phi) is 5.77. The molecule has 0 saturated heterocycles. The SMILES string of the molecule is Cc1cccc(NC(=O)C(C)OC(=O)CCN2C(=O)c3ccccc3C2=O)c1C. The van der Waals surface area contributed by atoms with E-state index in [9.17, 15) is 19.2 Å². The van der Waals surface area contributed by atoms with E-state index >= 15 is 0 Å². The van der Waals surface area contributed by atoms with E-state index in [1.54, 1.807) is 30.3 Å². The van der Waals surface area contributed by atoms with Crippen molar-refractivity contribution in [1.29, 1.82) is 0 Å². The monoisotopic (exact) mass is 394 g/mol. The number of imide groups is 1. The average molecular weight is 394 g/mol. The molecular formula is C22H22N2O5. The molecule has 29 heavy (non-hydrogen) atoms. The van der Waals surface area contributed by atoms with Gasteiger partial charge in [0.25, 0.3) is 17.7 Å². The Hall–Kier alpha value is -3.48. The van der Waals surface area contributed by atoms with Gasteiger partial charge in [-0.25, -0.2) is 0 Å². The number of anilines is 1. The lowest BCUT2D eigenvalue weighted by molar-refractivity contribution is -0.153. The maximum absolute atomic E-state index is 12.3. The van der Waals surface area contributed by atoms with Crippen LogP contribution in [-0.4, -0.2) is 41.2 Å². The number of ether oxygens (including phenoxy) is 1. The number of carbonyl (C=O) groups is 4. The molecule has 1 N–H and O–H groups in total. The Balaban J connectivity index is 1.53. The number of hydrogen-bond acceptors (Lipinski definition) is 5. The Labute approximate surface area is 168 Å². The van der Waals surface area contributed by atoms with Gasteiger partial charge in [0, 0.05) is 12.2 Å². The minimum atomic E-state index is -1.01. The maximum atomic E-state index is 12.3. The number of amides is 3. The molecule has 0 saturated carbocycles. The third-order valence-electron chi connectivity index (χ3n) is 4.96. The zero-order valence-corrected chi connectivity index (χ0v) is 16.5. The van der Waals surface area contributed by atoms with E-state index in [0.29, 0.717) is 16.8 Å². The summed E-state index contributed by atoms with van der Waals surface area (Å²) >= 11 is 0. The van der Waals surface area contributed by atoms with Crippen molar-refractivity contribution < 1.29 is 23.9 Å². The smallest absolute Gasteiger partial charge is 0.308 e. The maximum Gasteiger partial charge on any atom is 0.308 e. The van der Waals surface area contributed by atoms with Gasteiger partial charge in [0.1, 0.15) is 0 Å². The molecule has 1 aliphatic rings. The molecule has 0 spiro atoms. The van der Waals surface area contributed by atoms with E-state index in [-0.39, 0.29) is 13.0 Å². The van der Waals surface area contributed by atoms with Crippen LogP contribution in [0, 0.1) is 13.8 Å². The van der Waals surface area contributed by atoms with E-state index in [2.05, 4.69) is 5.32 Å². The van der Waals surface area contributed by atoms with Crippen LogP contribution in [0.4, 0.5) is 5.69 Å². The molecule has 1 aliphatic heterocycles.